The fourth-order valence-electron chi connectivity index (χ4n) is 4.05. The molecule has 2 bridgehead atoms. The Kier molecular flexibility index (Phi) is 4.28. The Hall–Kier alpha value is -1.76. The molecule has 1 amide bonds. The van der Waals surface area contributed by atoms with Gasteiger partial charge >= 0.3 is 0 Å². The van der Waals surface area contributed by atoms with Crippen molar-refractivity contribution in [1.29, 1.82) is 5.26 Å². The van der Waals surface area contributed by atoms with Crippen molar-refractivity contribution < 1.29 is 9.21 Å². The molecule has 0 spiro atoms. The summed E-state index contributed by atoms with van der Waals surface area (Å²) in [5, 5.41) is 8.78. The molecule has 0 aromatic carbocycles. The molecule has 1 aromatic rings. The zero-order valence-electron chi connectivity index (χ0n) is 12.3. The van der Waals surface area contributed by atoms with Gasteiger partial charge in [0.2, 0.25) is 5.91 Å². The van der Waals surface area contributed by atoms with Crippen LogP contribution in [0.3, 0.4) is 0 Å². The molecule has 21 heavy (non-hydrogen) atoms. The molecule has 2 saturated carbocycles. The SMILES string of the molecule is N#CCCN(Cc1ccco1)C(=O)CC1CC2CCC1C2. The topological polar surface area (TPSA) is 57.2 Å². The van der Waals surface area contributed by atoms with Gasteiger partial charge in [-0.3, -0.25) is 4.79 Å². The second kappa shape index (κ2) is 6.34. The monoisotopic (exact) mass is 286 g/mol. The molecule has 0 saturated heterocycles. The van der Waals surface area contributed by atoms with Gasteiger partial charge in [0.05, 0.1) is 25.3 Å². The number of fused-ring (bicyclic) bond motifs is 2. The highest BCUT2D eigenvalue weighted by molar-refractivity contribution is 5.76. The number of carbonyl (C=O) groups is 1. The molecule has 1 heterocycles. The Morgan fingerprint density at radius 2 is 2.33 bits per heavy atom. The van der Waals surface area contributed by atoms with E-state index in [4.69, 9.17) is 9.68 Å². The van der Waals surface area contributed by atoms with Gasteiger partial charge in [-0.25, -0.2) is 0 Å². The summed E-state index contributed by atoms with van der Waals surface area (Å²) in [6, 6.07) is 5.84. The fourth-order valence-corrected chi connectivity index (χ4v) is 4.05. The summed E-state index contributed by atoms with van der Waals surface area (Å²) in [7, 11) is 0. The van der Waals surface area contributed by atoms with Crippen LogP contribution in [0.1, 0.15) is 44.3 Å². The predicted molar refractivity (Wildman–Crippen MR) is 77.9 cm³/mol. The first kappa shape index (κ1) is 14.2. The lowest BCUT2D eigenvalue weighted by atomic mass is 9.86. The van der Waals surface area contributed by atoms with Gasteiger partial charge in [-0.15, -0.1) is 0 Å². The van der Waals surface area contributed by atoms with Crippen molar-refractivity contribution in [3.05, 3.63) is 24.2 Å². The summed E-state index contributed by atoms with van der Waals surface area (Å²) in [4.78, 5) is 14.4. The van der Waals surface area contributed by atoms with E-state index in [9.17, 15) is 4.79 Å². The van der Waals surface area contributed by atoms with E-state index < -0.39 is 0 Å². The first-order valence-electron chi connectivity index (χ1n) is 7.93. The zero-order chi connectivity index (χ0) is 14.7. The minimum absolute atomic E-state index is 0.180. The quantitative estimate of drug-likeness (QED) is 0.805. The van der Waals surface area contributed by atoms with Gasteiger partial charge in [0, 0.05) is 13.0 Å². The Morgan fingerprint density at radius 1 is 1.43 bits per heavy atom. The minimum atomic E-state index is 0.180. The average molecular weight is 286 g/mol. The first-order valence-corrected chi connectivity index (χ1v) is 7.93. The van der Waals surface area contributed by atoms with Crippen LogP contribution in [-0.4, -0.2) is 17.4 Å². The summed E-state index contributed by atoms with van der Waals surface area (Å²) in [5.41, 5.74) is 0. The van der Waals surface area contributed by atoms with Crippen LogP contribution in [0.25, 0.3) is 0 Å². The molecule has 3 unspecified atom stereocenters. The third-order valence-corrected chi connectivity index (χ3v) is 5.09. The van der Waals surface area contributed by atoms with Crippen LogP contribution in [0.15, 0.2) is 22.8 Å². The molecule has 112 valence electrons. The Balaban J connectivity index is 1.59. The first-order chi connectivity index (χ1) is 10.3. The Bertz CT molecular complexity index is 517. The van der Waals surface area contributed by atoms with Gasteiger partial charge in [-0.2, -0.15) is 5.26 Å². The highest BCUT2D eigenvalue weighted by atomic mass is 16.3. The van der Waals surface area contributed by atoms with Crippen molar-refractivity contribution in [3.63, 3.8) is 0 Å². The van der Waals surface area contributed by atoms with Gasteiger partial charge in [-0.05, 0) is 49.1 Å². The summed E-state index contributed by atoms with van der Waals surface area (Å²) in [6.45, 7) is 0.977. The van der Waals surface area contributed by atoms with Crippen molar-refractivity contribution in [2.75, 3.05) is 6.54 Å². The lowest BCUT2D eigenvalue weighted by Gasteiger charge is -2.26. The molecule has 0 aliphatic heterocycles. The molecule has 2 aliphatic rings. The van der Waals surface area contributed by atoms with Crippen LogP contribution in [0.4, 0.5) is 0 Å². The standard InChI is InChI=1S/C17H22N2O2/c18-6-2-7-19(12-16-3-1-8-21-16)17(20)11-15-10-13-4-5-14(15)9-13/h1,3,8,13-15H,2,4-5,7,9-12H2. The highest BCUT2D eigenvalue weighted by Gasteiger charge is 2.40. The fraction of sp³-hybridized carbons (Fsp3) is 0.647. The van der Waals surface area contributed by atoms with E-state index >= 15 is 0 Å². The van der Waals surface area contributed by atoms with E-state index in [0.717, 1.165) is 17.6 Å². The highest BCUT2D eigenvalue weighted by Crippen LogP contribution is 2.49. The van der Waals surface area contributed by atoms with Crippen molar-refractivity contribution >= 4 is 5.91 Å². The zero-order valence-corrected chi connectivity index (χ0v) is 12.3. The number of rotatable bonds is 6. The number of furan rings is 1. The molecule has 2 fully saturated rings. The molecule has 0 radical (unpaired) electrons. The summed E-state index contributed by atoms with van der Waals surface area (Å²) >= 11 is 0. The van der Waals surface area contributed by atoms with Crippen molar-refractivity contribution in [2.24, 2.45) is 17.8 Å². The second-order valence-corrected chi connectivity index (χ2v) is 6.44. The maximum atomic E-state index is 12.6. The molecule has 1 aromatic heterocycles. The molecule has 4 nitrogen and oxygen atoms in total. The normalized spacial score (nSPS) is 26.7. The average Bonchev–Trinajstić information content (AvgIpc) is 3.20. The van der Waals surface area contributed by atoms with Crippen molar-refractivity contribution in [2.45, 2.75) is 45.1 Å². The van der Waals surface area contributed by atoms with Crippen LogP contribution < -0.4 is 0 Å². The van der Waals surface area contributed by atoms with E-state index in [0.29, 0.717) is 31.8 Å². The van der Waals surface area contributed by atoms with E-state index in [1.54, 1.807) is 11.2 Å². The van der Waals surface area contributed by atoms with Crippen LogP contribution in [-0.2, 0) is 11.3 Å². The lowest BCUT2D eigenvalue weighted by Crippen LogP contribution is -2.33. The number of nitriles is 1. The minimum Gasteiger partial charge on any atom is -0.467 e. The Labute approximate surface area is 125 Å². The van der Waals surface area contributed by atoms with Gasteiger partial charge in [0.25, 0.3) is 0 Å². The van der Waals surface area contributed by atoms with E-state index in [2.05, 4.69) is 6.07 Å². The van der Waals surface area contributed by atoms with Gasteiger partial charge in [-0.1, -0.05) is 6.42 Å². The third kappa shape index (κ3) is 3.29. The molecular weight excluding hydrogens is 264 g/mol. The van der Waals surface area contributed by atoms with Gasteiger partial charge in [0.1, 0.15) is 5.76 Å². The van der Waals surface area contributed by atoms with Crippen LogP contribution in [0, 0.1) is 29.1 Å². The van der Waals surface area contributed by atoms with E-state index in [1.165, 1.54) is 25.7 Å². The number of nitrogens with zero attached hydrogens (tertiary/aromatic N) is 2. The number of carbonyl (C=O) groups excluding carboxylic acids is 1. The second-order valence-electron chi connectivity index (χ2n) is 6.44. The number of hydrogen-bond acceptors (Lipinski definition) is 3. The predicted octanol–water partition coefficient (Wildman–Crippen LogP) is 3.35. The molecule has 0 N–H and O–H groups in total. The molecule has 3 rings (SSSR count). The molecule has 3 atom stereocenters. The van der Waals surface area contributed by atoms with Gasteiger partial charge < -0.3 is 9.32 Å². The molecule has 4 heteroatoms. The van der Waals surface area contributed by atoms with Crippen LogP contribution >= 0.6 is 0 Å². The van der Waals surface area contributed by atoms with Crippen molar-refractivity contribution in [1.82, 2.24) is 4.90 Å². The lowest BCUT2D eigenvalue weighted by molar-refractivity contribution is -0.133. The smallest absolute Gasteiger partial charge is 0.223 e. The van der Waals surface area contributed by atoms with Crippen LogP contribution in [0.5, 0.6) is 0 Å². The van der Waals surface area contributed by atoms with Crippen molar-refractivity contribution in [3.8, 4) is 6.07 Å². The maximum absolute atomic E-state index is 12.6. The van der Waals surface area contributed by atoms with E-state index in [-0.39, 0.29) is 5.91 Å². The summed E-state index contributed by atoms with van der Waals surface area (Å²) in [6.07, 6.45) is 7.87. The van der Waals surface area contributed by atoms with Crippen LogP contribution in [0.2, 0.25) is 0 Å². The van der Waals surface area contributed by atoms with Gasteiger partial charge in [0.15, 0.2) is 0 Å². The van der Waals surface area contributed by atoms with E-state index in [1.807, 2.05) is 12.1 Å². The number of amides is 1. The molecule has 2 aliphatic carbocycles. The Morgan fingerprint density at radius 3 is 2.95 bits per heavy atom. The third-order valence-electron chi connectivity index (χ3n) is 5.09. The number of hydrogen-bond donors (Lipinski definition) is 0. The largest absolute Gasteiger partial charge is 0.467 e. The molecular formula is C17H22N2O2. The maximum Gasteiger partial charge on any atom is 0.223 e. The summed E-state index contributed by atoms with van der Waals surface area (Å²) < 4.78 is 5.34. The summed E-state index contributed by atoms with van der Waals surface area (Å²) in [5.74, 6) is 3.16.